The maximum absolute atomic E-state index is 12.5. The van der Waals surface area contributed by atoms with Gasteiger partial charge in [0.25, 0.3) is 0 Å². The van der Waals surface area contributed by atoms with Crippen molar-refractivity contribution in [3.05, 3.63) is 23.8 Å². The van der Waals surface area contributed by atoms with Gasteiger partial charge in [-0.15, -0.1) is 0 Å². The van der Waals surface area contributed by atoms with Crippen molar-refractivity contribution in [3.63, 3.8) is 0 Å². The van der Waals surface area contributed by atoms with Crippen LogP contribution in [0.15, 0.2) is 18.2 Å². The Balaban J connectivity index is 1.88. The third-order valence-corrected chi connectivity index (χ3v) is 5.97. The number of benzene rings is 1. The first kappa shape index (κ1) is 19.6. The molecule has 0 saturated carbocycles. The molecule has 1 aliphatic heterocycles. The molecule has 1 aliphatic rings. The lowest BCUT2D eigenvalue weighted by Crippen LogP contribution is -2.70. The van der Waals surface area contributed by atoms with Crippen LogP contribution in [0.5, 0.6) is 11.5 Å². The van der Waals surface area contributed by atoms with Crippen molar-refractivity contribution >= 4 is 5.91 Å². The van der Waals surface area contributed by atoms with Crippen molar-refractivity contribution in [3.8, 4) is 11.5 Å². The molecule has 1 amide bonds. The van der Waals surface area contributed by atoms with E-state index in [-0.39, 0.29) is 16.9 Å². The monoisotopic (exact) mass is 348 g/mol. The number of hydrogen-bond donors (Lipinski definition) is 0. The van der Waals surface area contributed by atoms with E-state index in [0.29, 0.717) is 13.1 Å². The van der Waals surface area contributed by atoms with Crippen molar-refractivity contribution in [2.45, 2.75) is 39.7 Å². The quantitative estimate of drug-likeness (QED) is 0.760. The summed E-state index contributed by atoms with van der Waals surface area (Å²) in [5.41, 5.74) is 1.45. The molecular weight excluding hydrogens is 316 g/mol. The number of hydrogen-bond acceptors (Lipinski definition) is 4. The van der Waals surface area contributed by atoms with Crippen LogP contribution in [0, 0.1) is 5.41 Å². The van der Waals surface area contributed by atoms with Crippen LogP contribution in [0.3, 0.4) is 0 Å². The van der Waals surface area contributed by atoms with Crippen LogP contribution in [-0.2, 0) is 11.2 Å². The van der Waals surface area contributed by atoms with E-state index in [0.717, 1.165) is 30.0 Å². The van der Waals surface area contributed by atoms with Gasteiger partial charge in [-0.05, 0) is 43.4 Å². The average molecular weight is 348 g/mol. The molecule has 1 aromatic carbocycles. The van der Waals surface area contributed by atoms with Gasteiger partial charge in [-0.1, -0.05) is 19.9 Å². The van der Waals surface area contributed by atoms with Crippen LogP contribution < -0.4 is 9.47 Å². The zero-order chi connectivity index (χ0) is 18.8. The van der Waals surface area contributed by atoms with Gasteiger partial charge in [0.05, 0.1) is 20.8 Å². The molecule has 1 fully saturated rings. The highest BCUT2D eigenvalue weighted by Crippen LogP contribution is 2.45. The maximum atomic E-state index is 12.5. The highest BCUT2D eigenvalue weighted by Gasteiger charge is 2.52. The molecule has 0 N–H and O–H groups in total. The molecule has 1 heterocycles. The number of methoxy groups -OCH3 is 2. The number of ether oxygens (including phenoxy) is 2. The minimum absolute atomic E-state index is 0.0624. The van der Waals surface area contributed by atoms with Crippen LogP contribution in [0.2, 0.25) is 0 Å². The SMILES string of the molecule is COc1ccc(CCN(C)C(=O)CN2CC(C)(C)C2(C)C)cc1OC. The lowest BCUT2D eigenvalue weighted by Gasteiger charge is -2.61. The lowest BCUT2D eigenvalue weighted by atomic mass is 9.65. The number of carbonyl (C=O) groups is 1. The zero-order valence-corrected chi connectivity index (χ0v) is 16.7. The summed E-state index contributed by atoms with van der Waals surface area (Å²) in [6.45, 7) is 11.1. The van der Waals surface area contributed by atoms with Gasteiger partial charge in [-0.25, -0.2) is 0 Å². The van der Waals surface area contributed by atoms with Crippen LogP contribution in [0.4, 0.5) is 0 Å². The van der Waals surface area contributed by atoms with Crippen LogP contribution in [0.25, 0.3) is 0 Å². The largest absolute Gasteiger partial charge is 0.493 e. The Morgan fingerprint density at radius 1 is 1.16 bits per heavy atom. The lowest BCUT2D eigenvalue weighted by molar-refractivity contribution is -0.149. The number of likely N-dealkylation sites (N-methyl/N-ethyl adjacent to an activating group) is 1. The van der Waals surface area contributed by atoms with Crippen molar-refractivity contribution < 1.29 is 14.3 Å². The molecule has 1 aromatic rings. The van der Waals surface area contributed by atoms with E-state index in [2.05, 4.69) is 32.6 Å². The van der Waals surface area contributed by atoms with Crippen LogP contribution in [0.1, 0.15) is 33.3 Å². The summed E-state index contributed by atoms with van der Waals surface area (Å²) in [6, 6.07) is 5.89. The summed E-state index contributed by atoms with van der Waals surface area (Å²) >= 11 is 0. The molecule has 0 aromatic heterocycles. The molecule has 0 radical (unpaired) electrons. The fourth-order valence-electron chi connectivity index (χ4n) is 3.20. The number of likely N-dealkylation sites (tertiary alicyclic amines) is 1. The second-order valence-electron chi connectivity index (χ2n) is 8.05. The van der Waals surface area contributed by atoms with Crippen LogP contribution >= 0.6 is 0 Å². The fourth-order valence-corrected chi connectivity index (χ4v) is 3.20. The minimum atomic E-state index is 0.0624. The number of nitrogens with zero attached hydrogens (tertiary/aromatic N) is 2. The molecule has 140 valence electrons. The van der Waals surface area contributed by atoms with E-state index in [4.69, 9.17) is 9.47 Å². The molecule has 5 heteroatoms. The van der Waals surface area contributed by atoms with Gasteiger partial charge in [0, 0.05) is 25.7 Å². The van der Waals surface area contributed by atoms with Crippen LogP contribution in [-0.4, -0.2) is 62.1 Å². The van der Waals surface area contributed by atoms with E-state index in [1.54, 1.807) is 14.2 Å². The Morgan fingerprint density at radius 2 is 1.80 bits per heavy atom. The molecule has 0 spiro atoms. The molecule has 0 aliphatic carbocycles. The second-order valence-corrected chi connectivity index (χ2v) is 8.05. The van der Waals surface area contributed by atoms with Gasteiger partial charge in [0.1, 0.15) is 0 Å². The fraction of sp³-hybridized carbons (Fsp3) is 0.650. The summed E-state index contributed by atoms with van der Waals surface area (Å²) < 4.78 is 10.6. The van der Waals surface area contributed by atoms with Crippen molar-refractivity contribution in [2.24, 2.45) is 5.41 Å². The highest BCUT2D eigenvalue weighted by atomic mass is 16.5. The maximum Gasteiger partial charge on any atom is 0.236 e. The molecule has 1 saturated heterocycles. The number of carbonyl (C=O) groups excluding carboxylic acids is 1. The summed E-state index contributed by atoms with van der Waals surface area (Å²) in [5.74, 6) is 1.61. The van der Waals surface area contributed by atoms with Gasteiger partial charge >= 0.3 is 0 Å². The zero-order valence-electron chi connectivity index (χ0n) is 16.7. The first-order valence-electron chi connectivity index (χ1n) is 8.82. The normalized spacial score (nSPS) is 18.4. The standard InChI is InChI=1S/C20H32N2O3/c1-19(2)14-22(20(19,3)4)13-18(23)21(5)11-10-15-8-9-16(24-6)17(12-15)25-7/h8-9,12H,10-11,13-14H2,1-7H3. The van der Waals surface area contributed by atoms with Crippen molar-refractivity contribution in [1.82, 2.24) is 9.80 Å². The number of rotatable bonds is 7. The predicted molar refractivity (Wildman–Crippen MR) is 100 cm³/mol. The van der Waals surface area contributed by atoms with Gasteiger partial charge in [0.2, 0.25) is 5.91 Å². The summed E-state index contributed by atoms with van der Waals surface area (Å²) in [6.07, 6.45) is 0.789. The summed E-state index contributed by atoms with van der Waals surface area (Å²) in [5, 5.41) is 0. The smallest absolute Gasteiger partial charge is 0.236 e. The molecule has 5 nitrogen and oxygen atoms in total. The van der Waals surface area contributed by atoms with E-state index in [1.807, 2.05) is 30.1 Å². The van der Waals surface area contributed by atoms with E-state index in [1.165, 1.54) is 0 Å². The first-order valence-corrected chi connectivity index (χ1v) is 8.82. The first-order chi connectivity index (χ1) is 11.6. The Morgan fingerprint density at radius 3 is 2.32 bits per heavy atom. The predicted octanol–water partition coefficient (Wildman–Crippen LogP) is 2.83. The molecule has 2 rings (SSSR count). The average Bonchev–Trinajstić information content (AvgIpc) is 2.58. The molecular formula is C20H32N2O3. The number of amides is 1. The Hall–Kier alpha value is -1.75. The van der Waals surface area contributed by atoms with Crippen molar-refractivity contribution in [1.29, 1.82) is 0 Å². The third-order valence-electron chi connectivity index (χ3n) is 5.97. The Bertz CT molecular complexity index is 625. The second kappa shape index (κ2) is 7.24. The summed E-state index contributed by atoms with van der Waals surface area (Å²) in [4.78, 5) is 16.6. The van der Waals surface area contributed by atoms with Gasteiger partial charge < -0.3 is 14.4 Å². The van der Waals surface area contributed by atoms with Gasteiger partial charge in [-0.3, -0.25) is 9.69 Å². The topological polar surface area (TPSA) is 42.0 Å². The molecule has 25 heavy (non-hydrogen) atoms. The van der Waals surface area contributed by atoms with Gasteiger partial charge in [0.15, 0.2) is 11.5 Å². The molecule has 0 unspecified atom stereocenters. The molecule has 0 atom stereocenters. The third kappa shape index (κ3) is 3.92. The minimum Gasteiger partial charge on any atom is -0.493 e. The Kier molecular flexibility index (Phi) is 5.67. The van der Waals surface area contributed by atoms with E-state index in [9.17, 15) is 4.79 Å². The van der Waals surface area contributed by atoms with Gasteiger partial charge in [-0.2, -0.15) is 0 Å². The molecule has 0 bridgehead atoms. The highest BCUT2D eigenvalue weighted by molar-refractivity contribution is 5.78. The van der Waals surface area contributed by atoms with E-state index < -0.39 is 0 Å². The Labute approximate surface area is 151 Å². The van der Waals surface area contributed by atoms with E-state index >= 15 is 0 Å². The van der Waals surface area contributed by atoms with Crippen molar-refractivity contribution in [2.75, 3.05) is 40.9 Å². The summed E-state index contributed by atoms with van der Waals surface area (Å²) in [7, 11) is 5.14.